The molecule has 0 saturated carbocycles. The summed E-state index contributed by atoms with van der Waals surface area (Å²) in [5.74, 6) is 5.80. The Kier molecular flexibility index (Phi) is 11.5. The van der Waals surface area contributed by atoms with Crippen LogP contribution in [0.3, 0.4) is 0 Å². The highest BCUT2D eigenvalue weighted by atomic mass is 19.4. The van der Waals surface area contributed by atoms with E-state index in [4.69, 9.17) is 19.9 Å². The Balaban J connectivity index is 1.56. The van der Waals surface area contributed by atoms with E-state index in [1.807, 2.05) is 7.05 Å². The SMILES string of the molecule is CNCCOCCOCCNC(=O)c1ccc(NCC#Cc2cc3c(N)cccc3n2CC(F)(F)F)c(OC)c1. The maximum absolute atomic E-state index is 13.2. The summed E-state index contributed by atoms with van der Waals surface area (Å²) in [5.41, 5.74) is 7.89. The number of anilines is 2. The highest BCUT2D eigenvalue weighted by Crippen LogP contribution is 2.29. The van der Waals surface area contributed by atoms with Gasteiger partial charge in [0, 0.05) is 29.7 Å². The number of likely N-dealkylation sites (N-methyl/N-ethyl adjacent to an activating group) is 1. The van der Waals surface area contributed by atoms with Crippen LogP contribution in [0, 0.1) is 11.8 Å². The van der Waals surface area contributed by atoms with Gasteiger partial charge in [-0.3, -0.25) is 4.79 Å². The second kappa shape index (κ2) is 15.0. The van der Waals surface area contributed by atoms with E-state index >= 15 is 0 Å². The van der Waals surface area contributed by atoms with Crippen LogP contribution in [0.25, 0.3) is 10.9 Å². The minimum Gasteiger partial charge on any atom is -0.495 e. The van der Waals surface area contributed by atoms with Crippen molar-refractivity contribution in [2.24, 2.45) is 0 Å². The number of nitrogens with one attached hydrogen (secondary N) is 3. The summed E-state index contributed by atoms with van der Waals surface area (Å²) < 4.78 is 56.9. The lowest BCUT2D eigenvalue weighted by atomic mass is 10.1. The number of nitrogens with zero attached hydrogens (tertiary/aromatic N) is 1. The molecule has 0 radical (unpaired) electrons. The third kappa shape index (κ3) is 9.08. The van der Waals surface area contributed by atoms with E-state index in [2.05, 4.69) is 27.8 Å². The number of methoxy groups -OCH3 is 1. The van der Waals surface area contributed by atoms with Crippen LogP contribution in [0.15, 0.2) is 42.5 Å². The van der Waals surface area contributed by atoms with E-state index < -0.39 is 12.7 Å². The lowest BCUT2D eigenvalue weighted by Crippen LogP contribution is -2.27. The van der Waals surface area contributed by atoms with Crippen LogP contribution >= 0.6 is 0 Å². The number of alkyl halides is 3. The fraction of sp³-hybridized carbons (Fsp3) is 0.393. The van der Waals surface area contributed by atoms with Gasteiger partial charge in [0.05, 0.1) is 57.0 Å². The smallest absolute Gasteiger partial charge is 0.406 e. The van der Waals surface area contributed by atoms with Crippen molar-refractivity contribution >= 4 is 28.2 Å². The lowest BCUT2D eigenvalue weighted by Gasteiger charge is -2.12. The van der Waals surface area contributed by atoms with Crippen molar-refractivity contribution in [2.75, 3.05) is 71.3 Å². The van der Waals surface area contributed by atoms with Crippen molar-refractivity contribution in [2.45, 2.75) is 12.7 Å². The van der Waals surface area contributed by atoms with E-state index in [1.54, 1.807) is 42.5 Å². The first-order valence-electron chi connectivity index (χ1n) is 12.7. The molecule has 0 bridgehead atoms. The minimum absolute atomic E-state index is 0.126. The molecule has 12 heteroatoms. The van der Waals surface area contributed by atoms with E-state index in [-0.39, 0.29) is 18.1 Å². The molecule has 1 aromatic heterocycles. The van der Waals surface area contributed by atoms with Crippen molar-refractivity contribution in [1.29, 1.82) is 0 Å². The normalized spacial score (nSPS) is 11.2. The zero-order chi connectivity index (χ0) is 29.0. The largest absolute Gasteiger partial charge is 0.495 e. The van der Waals surface area contributed by atoms with Crippen LogP contribution < -0.4 is 26.4 Å². The third-order valence-corrected chi connectivity index (χ3v) is 5.76. The molecule has 3 rings (SSSR count). The molecule has 216 valence electrons. The van der Waals surface area contributed by atoms with E-state index in [0.29, 0.717) is 66.6 Å². The van der Waals surface area contributed by atoms with E-state index in [9.17, 15) is 18.0 Å². The van der Waals surface area contributed by atoms with Crippen LogP contribution in [0.4, 0.5) is 24.5 Å². The molecule has 9 nitrogen and oxygen atoms in total. The topological polar surface area (TPSA) is 112 Å². The molecule has 0 atom stereocenters. The summed E-state index contributed by atoms with van der Waals surface area (Å²) in [7, 11) is 3.32. The zero-order valence-corrected chi connectivity index (χ0v) is 22.5. The molecule has 0 unspecified atom stereocenters. The Bertz CT molecular complexity index is 1330. The fourth-order valence-electron chi connectivity index (χ4n) is 3.85. The number of hydrogen-bond donors (Lipinski definition) is 4. The summed E-state index contributed by atoms with van der Waals surface area (Å²) >= 11 is 0. The Morgan fingerprint density at radius 2 is 1.80 bits per heavy atom. The Morgan fingerprint density at radius 1 is 1.05 bits per heavy atom. The number of carbonyl (C=O) groups excluding carboxylic acids is 1. The highest BCUT2D eigenvalue weighted by molar-refractivity contribution is 5.95. The van der Waals surface area contributed by atoms with Crippen molar-refractivity contribution in [3.63, 3.8) is 0 Å². The zero-order valence-electron chi connectivity index (χ0n) is 22.5. The number of ether oxygens (including phenoxy) is 3. The Hall–Kier alpha value is -3.92. The van der Waals surface area contributed by atoms with Crippen molar-refractivity contribution in [3.05, 3.63) is 53.7 Å². The van der Waals surface area contributed by atoms with Gasteiger partial charge in [0.15, 0.2) is 0 Å². The van der Waals surface area contributed by atoms with Crippen molar-refractivity contribution in [3.8, 4) is 17.6 Å². The molecule has 0 aliphatic heterocycles. The van der Waals surface area contributed by atoms with Crippen LogP contribution in [-0.2, 0) is 16.0 Å². The monoisotopic (exact) mass is 561 g/mol. The molecule has 0 aliphatic rings. The molecular formula is C28H34F3N5O4. The number of benzene rings is 2. The standard InChI is InChI=1S/C28H34F3N5O4/c1-33-11-13-39-15-16-40-14-12-35-27(37)20-8-9-24(26(17-20)38-2)34-10-4-5-21-18-22-23(32)6-3-7-25(22)36(21)19-28(29,30)31/h3,6-9,17-18,33-34H,10-16,19,32H2,1-2H3,(H,35,37). The Labute approximate surface area is 231 Å². The maximum atomic E-state index is 13.2. The number of nitrogens with two attached hydrogens (primary N) is 1. The highest BCUT2D eigenvalue weighted by Gasteiger charge is 2.29. The third-order valence-electron chi connectivity index (χ3n) is 5.76. The first-order chi connectivity index (χ1) is 19.2. The number of rotatable bonds is 14. The first kappa shape index (κ1) is 30.6. The summed E-state index contributed by atoms with van der Waals surface area (Å²) in [5, 5.41) is 9.36. The summed E-state index contributed by atoms with van der Waals surface area (Å²) in [6.45, 7) is 1.95. The van der Waals surface area contributed by atoms with E-state index in [1.165, 1.54) is 7.11 Å². The average Bonchev–Trinajstić information content (AvgIpc) is 3.27. The summed E-state index contributed by atoms with van der Waals surface area (Å²) in [6, 6.07) is 11.3. The van der Waals surface area contributed by atoms with Gasteiger partial charge in [0.2, 0.25) is 0 Å². The van der Waals surface area contributed by atoms with Gasteiger partial charge in [0.25, 0.3) is 5.91 Å². The predicted octanol–water partition coefficient (Wildman–Crippen LogP) is 3.24. The van der Waals surface area contributed by atoms with Crippen molar-refractivity contribution in [1.82, 2.24) is 15.2 Å². The molecule has 3 aromatic rings. The van der Waals surface area contributed by atoms with Gasteiger partial charge in [0.1, 0.15) is 12.3 Å². The number of carbonyl (C=O) groups is 1. The van der Waals surface area contributed by atoms with Gasteiger partial charge in [-0.05, 0) is 49.4 Å². The molecule has 5 N–H and O–H groups in total. The Morgan fingerprint density at radius 3 is 2.50 bits per heavy atom. The number of nitrogen functional groups attached to an aromatic ring is 1. The molecular weight excluding hydrogens is 527 g/mol. The molecule has 0 saturated heterocycles. The van der Waals surface area contributed by atoms with Crippen molar-refractivity contribution < 1.29 is 32.2 Å². The van der Waals surface area contributed by atoms with Gasteiger partial charge in [-0.1, -0.05) is 12.0 Å². The van der Waals surface area contributed by atoms with Gasteiger partial charge in [-0.25, -0.2) is 0 Å². The predicted molar refractivity (Wildman–Crippen MR) is 149 cm³/mol. The first-order valence-corrected chi connectivity index (χ1v) is 12.7. The average molecular weight is 562 g/mol. The van der Waals surface area contributed by atoms with E-state index in [0.717, 1.165) is 11.1 Å². The van der Waals surface area contributed by atoms with Gasteiger partial charge in [-0.15, -0.1) is 0 Å². The molecule has 1 amide bonds. The van der Waals surface area contributed by atoms with Gasteiger partial charge >= 0.3 is 6.18 Å². The fourth-order valence-corrected chi connectivity index (χ4v) is 3.85. The minimum atomic E-state index is -4.42. The van der Waals surface area contributed by atoms with Gasteiger partial charge < -0.3 is 40.5 Å². The molecule has 2 aromatic carbocycles. The number of hydrogen-bond acceptors (Lipinski definition) is 7. The second-order valence-electron chi connectivity index (χ2n) is 8.67. The molecule has 40 heavy (non-hydrogen) atoms. The summed E-state index contributed by atoms with van der Waals surface area (Å²) in [4.78, 5) is 12.5. The number of amides is 1. The maximum Gasteiger partial charge on any atom is 0.406 e. The van der Waals surface area contributed by atoms with Gasteiger partial charge in [-0.2, -0.15) is 13.2 Å². The summed E-state index contributed by atoms with van der Waals surface area (Å²) in [6.07, 6.45) is -4.42. The lowest BCUT2D eigenvalue weighted by molar-refractivity contribution is -0.140. The van der Waals surface area contributed by atoms with Crippen LogP contribution in [-0.4, -0.2) is 76.9 Å². The molecule has 0 aliphatic carbocycles. The van der Waals surface area contributed by atoms with Crippen LogP contribution in [0.1, 0.15) is 16.1 Å². The molecule has 1 heterocycles. The second-order valence-corrected chi connectivity index (χ2v) is 8.67. The number of aromatic nitrogens is 1. The van der Waals surface area contributed by atoms with Crippen LogP contribution in [0.2, 0.25) is 0 Å². The quantitative estimate of drug-likeness (QED) is 0.136. The number of halogens is 3. The molecule has 0 spiro atoms. The molecule has 0 fully saturated rings. The number of fused-ring (bicyclic) bond motifs is 1. The van der Waals surface area contributed by atoms with Crippen LogP contribution in [0.5, 0.6) is 5.75 Å².